The fraction of sp³-hybridized carbons (Fsp3) is 0. The summed E-state index contributed by atoms with van der Waals surface area (Å²) >= 11 is 0. The minimum absolute atomic E-state index is 0.444. The average molecular weight is 248 g/mol. The first kappa shape index (κ1) is 12.6. The maximum absolute atomic E-state index is 10.9. The van der Waals surface area contributed by atoms with Crippen LogP contribution in [-0.4, -0.2) is 26.2 Å². The van der Waals surface area contributed by atoms with Crippen molar-refractivity contribution >= 4 is 24.6 Å². The van der Waals surface area contributed by atoms with Crippen LogP contribution in [0.5, 0.6) is 0 Å². The number of carboxylic acids is 1. The predicted octanol–water partition coefficient (Wildman–Crippen LogP) is -1.56. The number of carbonyl (C=O) groups excluding carboxylic acids is 1. The van der Waals surface area contributed by atoms with Crippen molar-refractivity contribution in [1.29, 1.82) is 0 Å². The molecule has 0 radical (unpaired) electrons. The Hall–Kier alpha value is -1.44. The second-order valence-corrected chi connectivity index (χ2v) is 4.39. The van der Waals surface area contributed by atoms with Crippen LogP contribution in [0.3, 0.4) is 0 Å². The molecule has 9 heteroatoms. The molecule has 1 aromatic carbocycles. The fourth-order valence-corrected chi connectivity index (χ4v) is 1.78. The van der Waals surface area contributed by atoms with Gasteiger partial charge in [0.1, 0.15) is 5.69 Å². The molecular weight excluding hydrogens is 241 g/mol. The zero-order valence-electron chi connectivity index (χ0n) is 7.64. The van der Waals surface area contributed by atoms with Crippen LogP contribution < -0.4 is 15.6 Å². The maximum Gasteiger partial charge on any atom is 0.358 e. The molecule has 0 saturated carbocycles. The van der Waals surface area contributed by atoms with Crippen molar-refractivity contribution in [2.45, 2.75) is 0 Å². The van der Waals surface area contributed by atoms with Gasteiger partial charge in [-0.25, -0.2) is 0 Å². The molecule has 0 unspecified atom stereocenters. The van der Waals surface area contributed by atoms with E-state index >= 15 is 0 Å². The molecule has 4 N–H and O–H groups in total. The number of hydrogen-bond acceptors (Lipinski definition) is 6. The monoisotopic (exact) mass is 248 g/mol. The van der Waals surface area contributed by atoms with Crippen LogP contribution in [0, 0.1) is 0 Å². The van der Waals surface area contributed by atoms with E-state index in [1.807, 2.05) is 0 Å². The summed E-state index contributed by atoms with van der Waals surface area (Å²) in [5.41, 5.74) is -1.17. The molecule has 8 nitrogen and oxygen atoms in total. The Morgan fingerprint density at radius 2 is 1.88 bits per heavy atom. The van der Waals surface area contributed by atoms with Gasteiger partial charge >= 0.3 is 7.60 Å². The van der Waals surface area contributed by atoms with Gasteiger partial charge in [-0.1, -0.05) is 6.07 Å². The number of nitrogens with zero attached hydrogens (tertiary/aromatic N) is 1. The number of rotatable bonds is 3. The molecule has 0 saturated heterocycles. The summed E-state index contributed by atoms with van der Waals surface area (Å²) in [5.74, 6) is -1.61. The third-order valence-corrected chi connectivity index (χ3v) is 2.75. The number of carbonyl (C=O) groups is 1. The molecular formula is C7H7NO7P-. The van der Waals surface area contributed by atoms with Gasteiger partial charge in [-0.3, -0.25) is 15.0 Å². The second-order valence-electron chi connectivity index (χ2n) is 2.82. The highest BCUT2D eigenvalue weighted by Gasteiger charge is 2.24. The Balaban J connectivity index is 3.43. The third-order valence-electron chi connectivity index (χ3n) is 1.74. The number of hydrogen-bond donors (Lipinski definition) is 4. The van der Waals surface area contributed by atoms with Gasteiger partial charge in [0.15, 0.2) is 0 Å². The predicted molar refractivity (Wildman–Crippen MR) is 48.5 cm³/mol. The van der Waals surface area contributed by atoms with Crippen LogP contribution >= 0.6 is 7.60 Å². The Labute approximate surface area is 89.1 Å². The van der Waals surface area contributed by atoms with E-state index in [-0.39, 0.29) is 0 Å². The molecule has 0 bridgehead atoms. The molecule has 1 aromatic rings. The highest BCUT2D eigenvalue weighted by atomic mass is 31.2. The summed E-state index contributed by atoms with van der Waals surface area (Å²) in [4.78, 5) is 28.1. The van der Waals surface area contributed by atoms with E-state index in [9.17, 15) is 14.5 Å². The minimum Gasteiger partial charge on any atom is -0.545 e. The lowest BCUT2D eigenvalue weighted by Crippen LogP contribution is -2.25. The lowest BCUT2D eigenvalue weighted by Gasteiger charge is -2.16. The van der Waals surface area contributed by atoms with Gasteiger partial charge < -0.3 is 19.7 Å². The van der Waals surface area contributed by atoms with Crippen molar-refractivity contribution in [3.8, 4) is 0 Å². The number of anilines is 1. The second kappa shape index (κ2) is 4.20. The number of carboxylic acid groups (broad SMARTS) is 1. The molecule has 0 atom stereocenters. The van der Waals surface area contributed by atoms with Crippen LogP contribution in [-0.2, 0) is 4.57 Å². The van der Waals surface area contributed by atoms with E-state index in [0.717, 1.165) is 12.1 Å². The van der Waals surface area contributed by atoms with Gasteiger partial charge in [-0.2, -0.15) is 0 Å². The van der Waals surface area contributed by atoms with Crippen molar-refractivity contribution in [3.63, 3.8) is 0 Å². The summed E-state index contributed by atoms with van der Waals surface area (Å²) in [6.45, 7) is 0. The summed E-state index contributed by atoms with van der Waals surface area (Å²) in [6.07, 6.45) is 0. The van der Waals surface area contributed by atoms with E-state index in [0.29, 0.717) is 6.07 Å². The molecule has 0 fully saturated rings. The SMILES string of the molecule is O=C([O-])c1ccc(P(=O)(O)O)c(N(O)O)c1. The molecule has 0 aromatic heterocycles. The molecule has 0 spiro atoms. The maximum atomic E-state index is 10.9. The Bertz CT molecular complexity index is 466. The standard InChI is InChI=1S/C7H8NO7P/c9-7(10)4-1-2-6(16(13,14)15)5(3-4)8(11)12/h1-3,11-12H,(H,9,10)(H2,13,14,15)/p-1. The molecule has 0 heterocycles. The molecule has 0 aliphatic heterocycles. The van der Waals surface area contributed by atoms with Crippen molar-refractivity contribution in [1.82, 2.24) is 0 Å². The summed E-state index contributed by atoms with van der Waals surface area (Å²) in [7, 11) is -4.73. The lowest BCUT2D eigenvalue weighted by atomic mass is 10.2. The molecule has 0 aliphatic carbocycles. The zero-order chi connectivity index (χ0) is 12.5. The number of benzene rings is 1. The minimum atomic E-state index is -4.73. The normalized spacial score (nSPS) is 11.2. The smallest absolute Gasteiger partial charge is 0.358 e. The Morgan fingerprint density at radius 3 is 2.25 bits per heavy atom. The molecule has 1 rings (SSSR count). The lowest BCUT2D eigenvalue weighted by molar-refractivity contribution is -0.255. The topological polar surface area (TPSA) is 141 Å². The van der Waals surface area contributed by atoms with Gasteiger partial charge in [0.2, 0.25) is 0 Å². The first-order valence-electron chi connectivity index (χ1n) is 3.83. The van der Waals surface area contributed by atoms with Crippen molar-refractivity contribution in [3.05, 3.63) is 23.8 Å². The first-order chi connectivity index (χ1) is 7.23. The summed E-state index contributed by atoms with van der Waals surface area (Å²) in [6, 6.07) is 2.33. The Kier molecular flexibility index (Phi) is 3.32. The van der Waals surface area contributed by atoms with Crippen LogP contribution in [0.2, 0.25) is 0 Å². The van der Waals surface area contributed by atoms with Gasteiger partial charge in [-0.15, -0.1) is 5.23 Å². The van der Waals surface area contributed by atoms with E-state index < -0.39 is 35.3 Å². The van der Waals surface area contributed by atoms with Crippen molar-refractivity contribution < 1.29 is 34.7 Å². The van der Waals surface area contributed by atoms with Crippen molar-refractivity contribution in [2.24, 2.45) is 0 Å². The summed E-state index contributed by atoms with van der Waals surface area (Å²) < 4.78 is 10.9. The fourth-order valence-electron chi connectivity index (χ4n) is 1.06. The van der Waals surface area contributed by atoms with E-state index in [4.69, 9.17) is 20.2 Å². The summed E-state index contributed by atoms with van der Waals surface area (Å²) in [5, 5.41) is 26.6. The average Bonchev–Trinajstić information content (AvgIpc) is 2.15. The van der Waals surface area contributed by atoms with Crippen molar-refractivity contribution in [2.75, 3.05) is 5.23 Å². The van der Waals surface area contributed by atoms with Gasteiger partial charge in [0, 0.05) is 0 Å². The highest BCUT2D eigenvalue weighted by molar-refractivity contribution is 7.60. The van der Waals surface area contributed by atoms with E-state index in [1.54, 1.807) is 0 Å². The van der Waals surface area contributed by atoms with Gasteiger partial charge in [0.25, 0.3) is 0 Å². The van der Waals surface area contributed by atoms with Crippen LogP contribution in [0.1, 0.15) is 10.4 Å². The molecule has 88 valence electrons. The Morgan fingerprint density at radius 1 is 1.31 bits per heavy atom. The molecule has 16 heavy (non-hydrogen) atoms. The van der Waals surface area contributed by atoms with Gasteiger partial charge in [-0.05, 0) is 17.7 Å². The zero-order valence-corrected chi connectivity index (χ0v) is 8.53. The van der Waals surface area contributed by atoms with Crippen LogP contribution in [0.25, 0.3) is 0 Å². The molecule has 0 aliphatic rings. The van der Waals surface area contributed by atoms with Crippen LogP contribution in [0.4, 0.5) is 5.69 Å². The quantitative estimate of drug-likeness (QED) is 0.371. The highest BCUT2D eigenvalue weighted by Crippen LogP contribution is 2.37. The molecule has 0 amide bonds. The largest absolute Gasteiger partial charge is 0.545 e. The van der Waals surface area contributed by atoms with E-state index in [1.165, 1.54) is 0 Å². The number of aromatic carboxylic acids is 1. The van der Waals surface area contributed by atoms with E-state index in [2.05, 4.69) is 0 Å². The van der Waals surface area contributed by atoms with Crippen LogP contribution in [0.15, 0.2) is 18.2 Å². The first-order valence-corrected chi connectivity index (χ1v) is 5.44. The third kappa shape index (κ3) is 2.57. The van der Waals surface area contributed by atoms with Gasteiger partial charge in [0.05, 0.1) is 11.3 Å².